The van der Waals surface area contributed by atoms with E-state index in [1.165, 1.54) is 81.8 Å². The van der Waals surface area contributed by atoms with Crippen LogP contribution in [-0.2, 0) is 13.3 Å². The molecule has 0 fully saturated rings. The van der Waals surface area contributed by atoms with Crippen LogP contribution in [0.5, 0.6) is 0 Å². The molecule has 0 heterocycles. The van der Waals surface area contributed by atoms with Gasteiger partial charge in [-0.2, -0.15) is 0 Å². The average molecular weight is 468 g/mol. The summed E-state index contributed by atoms with van der Waals surface area (Å²) in [5.41, 5.74) is 0. The van der Waals surface area contributed by atoms with Crippen molar-refractivity contribution in [3.05, 3.63) is 0 Å². The third kappa shape index (κ3) is 11.8. The zero-order valence-electron chi connectivity index (χ0n) is 21.6. The summed E-state index contributed by atoms with van der Waals surface area (Å²) in [6, 6.07) is 2.17. The monoisotopic (exact) mass is 467 g/mol. The Kier molecular flexibility index (Phi) is 20.5. The summed E-state index contributed by atoms with van der Waals surface area (Å²) in [6.07, 6.45) is 15.1. The van der Waals surface area contributed by atoms with Crippen LogP contribution in [0.1, 0.15) is 105 Å². The van der Waals surface area contributed by atoms with Crippen LogP contribution in [0.3, 0.4) is 0 Å². The molecule has 184 valence electrons. The van der Waals surface area contributed by atoms with E-state index in [0.717, 1.165) is 12.5 Å². The first-order chi connectivity index (χ1) is 13.8. The van der Waals surface area contributed by atoms with Gasteiger partial charge < -0.3 is 30.2 Å². The summed E-state index contributed by atoms with van der Waals surface area (Å²) in [6.45, 7) is 14.3. The van der Waals surface area contributed by atoms with Crippen LogP contribution >= 0.6 is 0 Å². The van der Waals surface area contributed by atoms with Crippen LogP contribution in [-0.4, -0.2) is 59.8 Å². The normalized spacial score (nSPS) is 12.6. The largest absolute Gasteiger partial charge is 1.00 e. The number of quaternary nitrogens is 1. The highest BCUT2D eigenvalue weighted by molar-refractivity contribution is 6.60. The van der Waals surface area contributed by atoms with E-state index in [1.54, 1.807) is 21.3 Å². The van der Waals surface area contributed by atoms with Gasteiger partial charge in [-0.05, 0) is 40.5 Å². The number of hydrogen-bond donors (Lipinski definition) is 0. The summed E-state index contributed by atoms with van der Waals surface area (Å²) >= 11 is 0. The molecule has 0 rings (SSSR count). The minimum atomic E-state index is -2.46. The molecule has 30 heavy (non-hydrogen) atoms. The predicted octanol–water partition coefficient (Wildman–Crippen LogP) is 3.81. The highest BCUT2D eigenvalue weighted by Crippen LogP contribution is 2.25. The molecular formula is C24H54ClNO3Si. The number of hydrogen-bond acceptors (Lipinski definition) is 3. The molecular weight excluding hydrogens is 414 g/mol. The maximum Gasteiger partial charge on any atom is 0.500 e. The predicted molar refractivity (Wildman–Crippen MR) is 128 cm³/mol. The van der Waals surface area contributed by atoms with Crippen molar-refractivity contribution in [3.8, 4) is 0 Å². The molecule has 4 nitrogen and oxygen atoms in total. The Morgan fingerprint density at radius 3 is 1.33 bits per heavy atom. The summed E-state index contributed by atoms with van der Waals surface area (Å²) in [4.78, 5) is 0. The third-order valence-electron chi connectivity index (χ3n) is 6.98. The fourth-order valence-corrected chi connectivity index (χ4v) is 6.48. The van der Waals surface area contributed by atoms with Crippen LogP contribution in [0, 0.1) is 0 Å². The molecule has 0 N–H and O–H groups in total. The van der Waals surface area contributed by atoms with Crippen molar-refractivity contribution in [2.75, 3.05) is 34.4 Å². The van der Waals surface area contributed by atoms with Crippen molar-refractivity contribution in [1.82, 2.24) is 0 Å². The lowest BCUT2D eigenvalue weighted by Crippen LogP contribution is -3.00. The first-order valence-corrected chi connectivity index (χ1v) is 14.3. The van der Waals surface area contributed by atoms with E-state index in [-0.39, 0.29) is 12.4 Å². The number of halogens is 1. The molecule has 0 aliphatic carbocycles. The number of rotatable bonds is 20. The fraction of sp³-hybridized carbons (Fsp3) is 1.00. The molecule has 0 spiro atoms. The van der Waals surface area contributed by atoms with Crippen LogP contribution < -0.4 is 12.4 Å². The Bertz CT molecular complexity index is 363. The van der Waals surface area contributed by atoms with E-state index < -0.39 is 8.80 Å². The Balaban J connectivity index is 0. The lowest BCUT2D eigenvalue weighted by atomic mass is 10.0. The van der Waals surface area contributed by atoms with Crippen molar-refractivity contribution in [3.63, 3.8) is 0 Å². The van der Waals surface area contributed by atoms with Gasteiger partial charge in [0.1, 0.15) is 0 Å². The molecule has 0 saturated carbocycles. The second-order valence-electron chi connectivity index (χ2n) is 9.32. The van der Waals surface area contributed by atoms with Crippen molar-refractivity contribution in [1.29, 1.82) is 0 Å². The SMILES string of the molecule is CCCCCCCCCCCC[N+](CCC[Si](OC)(OC)OC)(C(C)C)C(C)C.[Cl-]. The summed E-state index contributed by atoms with van der Waals surface area (Å²) in [5.74, 6) is 0. The van der Waals surface area contributed by atoms with Gasteiger partial charge in [-0.3, -0.25) is 0 Å². The molecule has 0 atom stereocenters. The second kappa shape index (κ2) is 18.9. The molecule has 0 aromatic rings. The van der Waals surface area contributed by atoms with E-state index >= 15 is 0 Å². The molecule has 0 amide bonds. The lowest BCUT2D eigenvalue weighted by molar-refractivity contribution is -0.967. The highest BCUT2D eigenvalue weighted by atomic mass is 35.5. The van der Waals surface area contributed by atoms with Crippen LogP contribution in [0.25, 0.3) is 0 Å². The van der Waals surface area contributed by atoms with Gasteiger partial charge in [0.05, 0.1) is 25.2 Å². The van der Waals surface area contributed by atoms with E-state index in [2.05, 4.69) is 34.6 Å². The summed E-state index contributed by atoms with van der Waals surface area (Å²) < 4.78 is 18.1. The maximum absolute atomic E-state index is 5.63. The molecule has 0 radical (unpaired) electrons. The van der Waals surface area contributed by atoms with E-state index in [1.807, 2.05) is 0 Å². The first kappa shape index (κ1) is 32.5. The van der Waals surface area contributed by atoms with Crippen LogP contribution in [0.4, 0.5) is 0 Å². The standard InChI is InChI=1S/C24H54NO3Si.ClH/c1-9-10-11-12-13-14-15-16-17-18-20-25(23(2)3,24(4)5)21-19-22-29(26-6,27-7)28-8;/h23-24H,9-22H2,1-8H3;1H/q+1;/p-1. The molecule has 0 aromatic carbocycles. The molecule has 0 saturated heterocycles. The molecule has 0 unspecified atom stereocenters. The van der Waals surface area contributed by atoms with Gasteiger partial charge in [-0.1, -0.05) is 58.3 Å². The van der Waals surface area contributed by atoms with Crippen LogP contribution in [0.2, 0.25) is 6.04 Å². The minimum Gasteiger partial charge on any atom is -1.00 e. The van der Waals surface area contributed by atoms with E-state index in [9.17, 15) is 0 Å². The molecule has 0 aliphatic rings. The quantitative estimate of drug-likeness (QED) is 0.155. The third-order valence-corrected chi connectivity index (χ3v) is 9.81. The van der Waals surface area contributed by atoms with Gasteiger partial charge in [0, 0.05) is 33.8 Å². The van der Waals surface area contributed by atoms with Crippen molar-refractivity contribution >= 4 is 8.80 Å². The van der Waals surface area contributed by atoms with Gasteiger partial charge in [-0.25, -0.2) is 0 Å². The Labute approximate surface area is 196 Å². The Hall–Kier alpha value is 0.347. The zero-order chi connectivity index (χ0) is 22.2. The lowest BCUT2D eigenvalue weighted by Gasteiger charge is -2.46. The van der Waals surface area contributed by atoms with Crippen molar-refractivity contribution in [2.24, 2.45) is 0 Å². The van der Waals surface area contributed by atoms with Gasteiger partial charge in [0.25, 0.3) is 0 Å². The smallest absolute Gasteiger partial charge is 0.500 e. The molecule has 0 bridgehead atoms. The maximum atomic E-state index is 5.63. The average Bonchev–Trinajstić information content (AvgIpc) is 2.71. The summed E-state index contributed by atoms with van der Waals surface area (Å²) in [7, 11) is 2.69. The first-order valence-electron chi connectivity index (χ1n) is 12.4. The van der Waals surface area contributed by atoms with Gasteiger partial charge in [0.15, 0.2) is 0 Å². The topological polar surface area (TPSA) is 27.7 Å². The molecule has 0 aliphatic heterocycles. The van der Waals surface area contributed by atoms with Gasteiger partial charge in [-0.15, -0.1) is 0 Å². The Morgan fingerprint density at radius 2 is 0.967 bits per heavy atom. The van der Waals surface area contributed by atoms with Crippen molar-refractivity contribution < 1.29 is 30.2 Å². The van der Waals surface area contributed by atoms with Gasteiger partial charge in [0.2, 0.25) is 0 Å². The molecule has 6 heteroatoms. The minimum absolute atomic E-state index is 0. The highest BCUT2D eigenvalue weighted by Gasteiger charge is 2.40. The number of unbranched alkanes of at least 4 members (excludes halogenated alkanes) is 9. The second-order valence-corrected chi connectivity index (χ2v) is 12.4. The Morgan fingerprint density at radius 1 is 0.600 bits per heavy atom. The van der Waals surface area contributed by atoms with E-state index in [4.69, 9.17) is 13.3 Å². The fourth-order valence-electron chi connectivity index (χ4n) is 4.78. The summed E-state index contributed by atoms with van der Waals surface area (Å²) in [5, 5.41) is 0. The van der Waals surface area contributed by atoms with Crippen LogP contribution in [0.15, 0.2) is 0 Å². The zero-order valence-corrected chi connectivity index (χ0v) is 23.4. The van der Waals surface area contributed by atoms with E-state index in [0.29, 0.717) is 12.1 Å². The molecule has 0 aromatic heterocycles. The number of nitrogens with zero attached hydrogens (tertiary/aromatic N) is 1. The van der Waals surface area contributed by atoms with Gasteiger partial charge >= 0.3 is 8.80 Å². The van der Waals surface area contributed by atoms with Crippen molar-refractivity contribution in [2.45, 2.75) is 123 Å².